The first-order chi connectivity index (χ1) is 65.7. The largest absolute Gasteiger partial charge is 0.444 e. The summed E-state index contributed by atoms with van der Waals surface area (Å²) in [6.07, 6.45) is 7.58. The minimum Gasteiger partial charge on any atom is -0.444 e. The molecule has 4 aliphatic heterocycles. The van der Waals surface area contributed by atoms with E-state index in [0.29, 0.717) is 64.4 Å². The van der Waals surface area contributed by atoms with Gasteiger partial charge in [-0.1, -0.05) is 194 Å². The molecule has 0 saturated carbocycles. The number of aromatic nitrogens is 8. The molecule has 4 saturated heterocycles. The summed E-state index contributed by atoms with van der Waals surface area (Å²) in [6.45, 7) is 35.0. The lowest BCUT2D eigenvalue weighted by Crippen LogP contribution is -2.46. The van der Waals surface area contributed by atoms with Crippen molar-refractivity contribution in [2.45, 2.75) is 285 Å². The molecule has 138 heavy (non-hydrogen) atoms. The summed E-state index contributed by atoms with van der Waals surface area (Å²) in [5.41, 5.74) is 12.6. The number of hydrogen-bond acceptors (Lipinski definition) is 28. The molecule has 0 unspecified atom stereocenters. The second kappa shape index (κ2) is 45.1. The molecular weight excluding hydrogens is 1760 g/mol. The summed E-state index contributed by atoms with van der Waals surface area (Å²) in [5.74, 6) is 1.42. The number of carbonyl (C=O) groups excluding carboxylic acids is 8. The van der Waals surface area contributed by atoms with Crippen LogP contribution in [0.2, 0.25) is 0 Å². The highest BCUT2D eigenvalue weighted by Crippen LogP contribution is 2.42. The van der Waals surface area contributed by atoms with E-state index in [4.69, 9.17) is 35.8 Å². The van der Waals surface area contributed by atoms with E-state index in [9.17, 15) is 58.8 Å². The lowest BCUT2D eigenvalue weighted by Gasteiger charge is -2.33. The number of carbonyl (C=O) groups is 8. The van der Waals surface area contributed by atoms with Crippen LogP contribution in [-0.4, -0.2) is 202 Å². The van der Waals surface area contributed by atoms with E-state index in [1.165, 1.54) is 40.3 Å². The molecule has 8 aromatic heterocycles. The van der Waals surface area contributed by atoms with Crippen LogP contribution in [0.4, 0.5) is 0 Å². The zero-order valence-corrected chi connectivity index (χ0v) is 81.8. The SMILES string of the molecule is CC[C@@H](C(=O)N1C[C@H](O)C[C@H]1C(=O)C[C@@H](C)c1ccc(-c2cnco2)cc1)c1cc(C)no1.CC[C@@H](C(=O)N1C[C@H](O)C[C@H]1C(=O)C[C@@H](C)c1ccc(-c2ocnc2C)cc1)c1cc(C)no1.Cc1cc([C@H](C(=O)N2C[C@H](O)C[C@H]2C(=O)C[C@@H](C)c2ccc(-c3ocnc3C)cc2)C(C)(C)C)on1.Cc1cc([C@H](C(=O)N2C[C@H](O)C[C@H]2C(=O)C[C@@H](C)c2ccc(-c3ocnc3C)cc2)C(C)C)on1. The molecule has 4 aliphatic rings. The summed E-state index contributed by atoms with van der Waals surface area (Å²) in [5, 5.41) is 57.0. The average molecular weight is 1890 g/mol. The van der Waals surface area contributed by atoms with Crippen molar-refractivity contribution >= 4 is 46.8 Å². The van der Waals surface area contributed by atoms with Gasteiger partial charge in [-0.05, 0) is 119 Å². The van der Waals surface area contributed by atoms with Crippen molar-refractivity contribution in [1.82, 2.24) is 60.2 Å². The molecule has 16 atom stereocenters. The molecule has 4 amide bonds. The van der Waals surface area contributed by atoms with Gasteiger partial charge in [-0.3, -0.25) is 38.4 Å². The Morgan fingerprint density at radius 3 is 0.906 bits per heavy atom. The van der Waals surface area contributed by atoms with Gasteiger partial charge >= 0.3 is 0 Å². The predicted octanol–water partition coefficient (Wildman–Crippen LogP) is 17.2. The van der Waals surface area contributed by atoms with Crippen LogP contribution < -0.4 is 0 Å². The smallest absolute Gasteiger partial charge is 0.234 e. The zero-order chi connectivity index (χ0) is 99.4. The predicted molar refractivity (Wildman–Crippen MR) is 509 cm³/mol. The number of Topliss-reactive ketones (excluding diaryl/α,β-unsaturated/α-hetero) is 4. The Labute approximate surface area is 803 Å². The number of rotatable bonds is 31. The lowest BCUT2D eigenvalue weighted by atomic mass is 9.78. The minimum absolute atomic E-state index is 0.0325. The number of benzene rings is 4. The molecule has 4 aromatic carbocycles. The van der Waals surface area contributed by atoms with Crippen LogP contribution in [0, 0.1) is 59.8 Å². The molecule has 12 aromatic rings. The normalized spacial score (nSPS) is 19.9. The van der Waals surface area contributed by atoms with Crippen molar-refractivity contribution in [3.05, 3.63) is 238 Å². The number of hydrogen-bond donors (Lipinski definition) is 4. The third kappa shape index (κ3) is 24.4. The van der Waals surface area contributed by atoms with E-state index in [-0.39, 0.29) is 154 Å². The molecule has 4 fully saturated rings. The summed E-state index contributed by atoms with van der Waals surface area (Å²) in [7, 11) is 0. The van der Waals surface area contributed by atoms with Gasteiger partial charge in [-0.2, -0.15) is 0 Å². The van der Waals surface area contributed by atoms with Crippen molar-refractivity contribution < 1.29 is 94.5 Å². The van der Waals surface area contributed by atoms with Gasteiger partial charge in [0.25, 0.3) is 0 Å². The Morgan fingerprint density at radius 2 is 0.652 bits per heavy atom. The number of aliphatic hydroxyl groups excluding tert-OH is 4. The van der Waals surface area contributed by atoms with Gasteiger partial charge in [-0.25, -0.2) is 19.9 Å². The molecule has 12 heterocycles. The minimum atomic E-state index is -0.736. The number of β-amino-alcohol motifs (C(OH)–C–C–N with tert-alkyl or cyclic N) is 4. The highest BCUT2D eigenvalue weighted by atomic mass is 16.5. The van der Waals surface area contributed by atoms with Crippen LogP contribution in [0.1, 0.15) is 273 Å². The molecule has 0 aliphatic carbocycles. The Morgan fingerprint density at radius 1 is 0.370 bits per heavy atom. The number of aliphatic hydroxyl groups is 4. The molecule has 32 nitrogen and oxygen atoms in total. The van der Waals surface area contributed by atoms with Gasteiger partial charge in [0.05, 0.1) is 106 Å². The summed E-state index contributed by atoms with van der Waals surface area (Å²) < 4.78 is 43.2. The van der Waals surface area contributed by atoms with Crippen LogP contribution in [0.15, 0.2) is 189 Å². The number of nitrogens with zero attached hydrogens (tertiary/aromatic N) is 12. The lowest BCUT2D eigenvalue weighted by molar-refractivity contribution is -0.141. The van der Waals surface area contributed by atoms with Crippen molar-refractivity contribution in [1.29, 1.82) is 0 Å². The van der Waals surface area contributed by atoms with Gasteiger partial charge in [0.15, 0.2) is 71.7 Å². The van der Waals surface area contributed by atoms with Crippen LogP contribution in [0.3, 0.4) is 0 Å². The van der Waals surface area contributed by atoms with Gasteiger partial charge in [0.1, 0.15) is 34.9 Å². The molecular formula is C106H128N12O20. The number of likely N-dealkylation sites (tertiary alicyclic amines) is 4. The fourth-order valence-electron chi connectivity index (χ4n) is 19.2. The van der Waals surface area contributed by atoms with E-state index >= 15 is 0 Å². The fraction of sp³-hybridized carbons (Fsp3) is 0.472. The Bertz CT molecular complexity index is 6110. The Kier molecular flexibility index (Phi) is 33.4. The molecule has 0 radical (unpaired) electrons. The first-order valence-electron chi connectivity index (χ1n) is 47.5. The second-order valence-electron chi connectivity index (χ2n) is 38.9. The van der Waals surface area contributed by atoms with Crippen molar-refractivity contribution in [3.63, 3.8) is 0 Å². The van der Waals surface area contributed by atoms with E-state index in [1.807, 2.05) is 201 Å². The van der Waals surface area contributed by atoms with Crippen molar-refractivity contribution in [2.24, 2.45) is 11.3 Å². The Hall–Kier alpha value is -13.0. The summed E-state index contributed by atoms with van der Waals surface area (Å²) in [6, 6.07) is 36.0. The van der Waals surface area contributed by atoms with E-state index in [1.54, 1.807) is 56.1 Å². The monoisotopic (exact) mass is 1890 g/mol. The third-order valence-corrected chi connectivity index (χ3v) is 26.7. The number of aryl methyl sites for hydroxylation is 7. The molecule has 0 spiro atoms. The van der Waals surface area contributed by atoms with Gasteiger partial charge < -0.3 is 75.8 Å². The standard InChI is InChI=1S/C28H35N3O5.C27H33N3O5.C26H31N3O5.C25H29N3O5/c1-16(19-7-9-20(10-8-19)26-18(3)29-15-35-26)11-23(33)22-13-21(32)14-31(22)27(34)25(28(4,5)6)24-12-17(2)30-36-24;1-15(2)25(24-11-17(4)29-35-24)27(33)30-13-21(31)12-22(30)23(32)10-16(3)19-6-8-20(9-7-19)26-18(5)28-14-34-26;1-5-21(24-11-16(3)28-34-24)26(32)29-13-20(30)12-22(29)23(31)10-15(2)18-6-8-19(9-7-18)25-17(4)27-14-33-25;1-4-20(23-10-16(3)27-33-23)25(31)28-13-19(29)11-21(28)22(30)9-15(2)17-5-7-18(8-6-17)24-12-26-14-32-24/h7-10,12,15-16,21-22,25,32H,11,13-14H2,1-6H3;6-9,11,14-16,21-22,25,31H,10,12-13H2,1-5H3;6-9,11,14-15,20-22,30H,5,10,12-13H2,1-4H3;5-8,10,12,14-15,19-21,29H,4,9,11,13H2,1-3H3/t2*16-,21-,22+,25-;15-,20-,21-,22+;15-,19-,20-,21+/m1111/s1. The number of oxazole rings is 4. The maximum atomic E-state index is 13.8. The molecule has 732 valence electrons. The Balaban J connectivity index is 0.000000155. The topological polar surface area (TPSA) is 439 Å². The highest BCUT2D eigenvalue weighted by Gasteiger charge is 2.49. The first kappa shape index (κ1) is 102. The maximum Gasteiger partial charge on any atom is 0.234 e. The number of ketones is 4. The van der Waals surface area contributed by atoms with Crippen LogP contribution in [-0.2, 0) is 38.4 Å². The van der Waals surface area contributed by atoms with Gasteiger partial charge in [0.2, 0.25) is 23.6 Å². The zero-order valence-electron chi connectivity index (χ0n) is 81.8. The summed E-state index contributed by atoms with van der Waals surface area (Å²) >= 11 is 0. The molecule has 0 bridgehead atoms. The maximum absolute atomic E-state index is 13.8. The molecule has 16 rings (SSSR count). The van der Waals surface area contributed by atoms with E-state index in [0.717, 1.165) is 78.9 Å². The van der Waals surface area contributed by atoms with E-state index < -0.39 is 77.7 Å². The number of amides is 4. The van der Waals surface area contributed by atoms with Gasteiger partial charge in [0, 0.05) is 124 Å². The van der Waals surface area contributed by atoms with Gasteiger partial charge in [-0.15, -0.1) is 0 Å². The van der Waals surface area contributed by atoms with Crippen LogP contribution in [0.5, 0.6) is 0 Å². The second-order valence-corrected chi connectivity index (χ2v) is 38.9. The van der Waals surface area contributed by atoms with Crippen molar-refractivity contribution in [2.75, 3.05) is 26.2 Å². The van der Waals surface area contributed by atoms with Crippen molar-refractivity contribution in [3.8, 4) is 45.3 Å². The first-order valence-corrected chi connectivity index (χ1v) is 47.5. The van der Waals surface area contributed by atoms with Crippen LogP contribution in [0.25, 0.3) is 45.3 Å². The average Bonchev–Trinajstić information content (AvgIpc) is 1.60. The fourth-order valence-corrected chi connectivity index (χ4v) is 19.2. The van der Waals surface area contributed by atoms with Crippen LogP contribution >= 0.6 is 0 Å². The summed E-state index contributed by atoms with van der Waals surface area (Å²) in [4.78, 5) is 130. The third-order valence-electron chi connectivity index (χ3n) is 26.7. The van der Waals surface area contributed by atoms with E-state index in [2.05, 4.69) is 40.6 Å². The quantitative estimate of drug-likeness (QED) is 0.0313. The molecule has 32 heteroatoms. The molecule has 4 N–H and O–H groups in total. The highest BCUT2D eigenvalue weighted by molar-refractivity contribution is 5.96.